The van der Waals surface area contributed by atoms with Crippen LogP contribution < -0.4 is 0 Å². The van der Waals surface area contributed by atoms with Crippen LogP contribution in [0.25, 0.3) is 16.7 Å². The summed E-state index contributed by atoms with van der Waals surface area (Å²) >= 11 is 0. The Morgan fingerprint density at radius 1 is 1.18 bits per heavy atom. The molecule has 0 aliphatic carbocycles. The van der Waals surface area contributed by atoms with Crippen LogP contribution in [0.2, 0.25) is 0 Å². The summed E-state index contributed by atoms with van der Waals surface area (Å²) in [4.78, 5) is 11.3. The molecule has 0 N–H and O–H groups in total. The molecule has 0 spiro atoms. The van der Waals surface area contributed by atoms with Gasteiger partial charge in [0.25, 0.3) is 0 Å². The summed E-state index contributed by atoms with van der Waals surface area (Å²) < 4.78 is 44.3. The van der Waals surface area contributed by atoms with E-state index in [2.05, 4.69) is 4.74 Å². The van der Waals surface area contributed by atoms with E-state index in [9.17, 15) is 17.6 Å². The lowest BCUT2D eigenvalue weighted by Crippen LogP contribution is -2.38. The largest absolute Gasteiger partial charge is 0.468 e. The van der Waals surface area contributed by atoms with Gasteiger partial charge in [0.05, 0.1) is 7.11 Å². The first-order chi connectivity index (χ1) is 13.3. The average Bonchev–Trinajstić information content (AvgIpc) is 2.68. The fraction of sp³-hybridized carbons (Fsp3) is 0.286. The van der Waals surface area contributed by atoms with E-state index >= 15 is 0 Å². The number of ether oxygens (including phenoxy) is 1. The molecule has 7 heteroatoms. The number of rotatable bonds is 5. The molecule has 0 fully saturated rings. The Hall–Kier alpha value is -2.51. The van der Waals surface area contributed by atoms with Crippen LogP contribution in [0.5, 0.6) is 0 Å². The number of sulfonamides is 1. The highest BCUT2D eigenvalue weighted by Gasteiger charge is 2.27. The van der Waals surface area contributed by atoms with Gasteiger partial charge in [0, 0.05) is 18.7 Å². The van der Waals surface area contributed by atoms with Crippen LogP contribution in [0.3, 0.4) is 0 Å². The van der Waals surface area contributed by atoms with Gasteiger partial charge in [-0.1, -0.05) is 42.5 Å². The van der Waals surface area contributed by atoms with Crippen LogP contribution in [-0.4, -0.2) is 44.6 Å². The maximum absolute atomic E-state index is 14.1. The van der Waals surface area contributed by atoms with E-state index in [1.807, 2.05) is 31.2 Å². The molecular weight excluding hydrogens is 381 g/mol. The second-order valence-electron chi connectivity index (χ2n) is 6.68. The molecule has 0 radical (unpaired) electrons. The molecule has 0 saturated carbocycles. The quantitative estimate of drug-likeness (QED) is 0.718. The zero-order chi connectivity index (χ0) is 20.3. The molecule has 0 unspecified atom stereocenters. The molecule has 5 nitrogen and oxygen atoms in total. The van der Waals surface area contributed by atoms with E-state index in [0.717, 1.165) is 22.3 Å². The van der Waals surface area contributed by atoms with Crippen molar-refractivity contribution in [2.24, 2.45) is 0 Å². The minimum Gasteiger partial charge on any atom is -0.468 e. The van der Waals surface area contributed by atoms with Crippen molar-refractivity contribution in [3.63, 3.8) is 0 Å². The third kappa shape index (κ3) is 4.31. The molecule has 2 aromatic rings. The van der Waals surface area contributed by atoms with Crippen molar-refractivity contribution in [3.8, 4) is 11.1 Å². The van der Waals surface area contributed by atoms with Crippen molar-refractivity contribution in [2.45, 2.75) is 13.3 Å². The topological polar surface area (TPSA) is 63.7 Å². The Bertz CT molecular complexity index is 1030. The van der Waals surface area contributed by atoms with Gasteiger partial charge in [-0.15, -0.1) is 0 Å². The fourth-order valence-corrected chi connectivity index (χ4v) is 4.58. The summed E-state index contributed by atoms with van der Waals surface area (Å²) in [6, 6.07) is 12.5. The SMILES string of the molecule is COC(=O)CS(=O)(=O)N1CC=C(c2ccc(-c3ccccc3F)c(C)c2)CC1. The third-order valence-corrected chi connectivity index (χ3v) is 6.57. The van der Waals surface area contributed by atoms with Crippen molar-refractivity contribution in [1.29, 1.82) is 0 Å². The Balaban J connectivity index is 1.79. The lowest BCUT2D eigenvalue weighted by atomic mass is 9.93. The lowest BCUT2D eigenvalue weighted by Gasteiger charge is -2.25. The second-order valence-corrected chi connectivity index (χ2v) is 8.65. The lowest BCUT2D eigenvalue weighted by molar-refractivity contribution is -0.137. The number of halogens is 1. The van der Waals surface area contributed by atoms with Crippen molar-refractivity contribution in [2.75, 3.05) is 26.0 Å². The molecule has 3 rings (SSSR count). The van der Waals surface area contributed by atoms with Crippen LogP contribution >= 0.6 is 0 Å². The maximum Gasteiger partial charge on any atom is 0.322 e. The van der Waals surface area contributed by atoms with Gasteiger partial charge in [-0.05, 0) is 41.7 Å². The third-order valence-electron chi connectivity index (χ3n) is 4.85. The van der Waals surface area contributed by atoms with E-state index in [1.54, 1.807) is 18.2 Å². The standard InChI is InChI=1S/C21H22FNO4S/c1-15-13-17(7-8-18(15)19-5-3-4-6-20(19)22)16-9-11-23(12-10-16)28(25,26)14-21(24)27-2/h3-9,13H,10-12,14H2,1-2H3. The number of carbonyl (C=O) groups is 1. The predicted molar refractivity (Wildman–Crippen MR) is 107 cm³/mol. The number of aryl methyl sites for hydroxylation is 1. The Kier molecular flexibility index (Phi) is 5.96. The molecule has 0 aromatic heterocycles. The monoisotopic (exact) mass is 403 g/mol. The number of carbonyl (C=O) groups excluding carboxylic acids is 1. The van der Waals surface area contributed by atoms with Crippen LogP contribution in [0.4, 0.5) is 4.39 Å². The zero-order valence-electron chi connectivity index (χ0n) is 15.8. The number of nitrogens with zero attached hydrogens (tertiary/aromatic N) is 1. The molecule has 28 heavy (non-hydrogen) atoms. The van der Waals surface area contributed by atoms with E-state index in [0.29, 0.717) is 18.5 Å². The summed E-state index contributed by atoms with van der Waals surface area (Å²) in [5, 5.41) is 0. The first kappa shape index (κ1) is 20.2. The number of esters is 1. The number of benzene rings is 2. The fourth-order valence-electron chi connectivity index (χ4n) is 3.31. The van der Waals surface area contributed by atoms with Crippen molar-refractivity contribution in [3.05, 3.63) is 65.5 Å². The van der Waals surface area contributed by atoms with Crippen LogP contribution in [0.15, 0.2) is 48.5 Å². The van der Waals surface area contributed by atoms with Gasteiger partial charge in [-0.25, -0.2) is 12.8 Å². The minimum atomic E-state index is -3.68. The highest BCUT2D eigenvalue weighted by molar-refractivity contribution is 7.89. The van der Waals surface area contributed by atoms with Gasteiger partial charge in [0.1, 0.15) is 5.82 Å². The maximum atomic E-state index is 14.1. The molecule has 1 aliphatic heterocycles. The van der Waals surface area contributed by atoms with Crippen LogP contribution in [-0.2, 0) is 19.6 Å². The smallest absolute Gasteiger partial charge is 0.322 e. The molecule has 1 aliphatic rings. The Labute approximate surface area is 164 Å². The summed E-state index contributed by atoms with van der Waals surface area (Å²) in [6.45, 7) is 2.45. The Morgan fingerprint density at radius 3 is 2.54 bits per heavy atom. The highest BCUT2D eigenvalue weighted by atomic mass is 32.2. The second kappa shape index (κ2) is 8.24. The number of methoxy groups -OCH3 is 1. The molecule has 0 atom stereocenters. The van der Waals surface area contributed by atoms with Crippen LogP contribution in [0, 0.1) is 12.7 Å². The summed E-state index contributed by atoms with van der Waals surface area (Å²) in [6.07, 6.45) is 2.40. The van der Waals surface area contributed by atoms with Gasteiger partial charge in [-0.2, -0.15) is 4.31 Å². The molecule has 0 saturated heterocycles. The zero-order valence-corrected chi connectivity index (χ0v) is 16.6. The van der Waals surface area contributed by atoms with Crippen molar-refractivity contribution in [1.82, 2.24) is 4.31 Å². The van der Waals surface area contributed by atoms with Crippen LogP contribution in [0.1, 0.15) is 17.5 Å². The van der Waals surface area contributed by atoms with Gasteiger partial charge >= 0.3 is 5.97 Å². The molecule has 0 amide bonds. The van der Waals surface area contributed by atoms with Crippen molar-refractivity contribution >= 4 is 21.6 Å². The predicted octanol–water partition coefficient (Wildman–Crippen LogP) is 3.39. The molecule has 148 valence electrons. The van der Waals surface area contributed by atoms with Gasteiger partial charge in [0.15, 0.2) is 5.75 Å². The first-order valence-corrected chi connectivity index (χ1v) is 10.5. The molecular formula is C21H22FNO4S. The van der Waals surface area contributed by atoms with E-state index < -0.39 is 21.7 Å². The van der Waals surface area contributed by atoms with E-state index in [1.165, 1.54) is 17.5 Å². The summed E-state index contributed by atoms with van der Waals surface area (Å²) in [5.74, 6) is -1.68. The molecule has 2 aromatic carbocycles. The number of hydrogen-bond acceptors (Lipinski definition) is 4. The van der Waals surface area contributed by atoms with Gasteiger partial charge in [0.2, 0.25) is 10.0 Å². The summed E-state index contributed by atoms with van der Waals surface area (Å²) in [7, 11) is -2.52. The normalized spacial score (nSPS) is 15.2. The highest BCUT2D eigenvalue weighted by Crippen LogP contribution is 2.30. The molecule has 1 heterocycles. The first-order valence-electron chi connectivity index (χ1n) is 8.91. The van der Waals surface area contributed by atoms with Crippen molar-refractivity contribution < 1.29 is 22.3 Å². The molecule has 0 bridgehead atoms. The van der Waals surface area contributed by atoms with E-state index in [-0.39, 0.29) is 12.4 Å². The van der Waals surface area contributed by atoms with Gasteiger partial charge < -0.3 is 4.74 Å². The van der Waals surface area contributed by atoms with Gasteiger partial charge in [-0.3, -0.25) is 4.79 Å². The number of hydrogen-bond donors (Lipinski definition) is 0. The Morgan fingerprint density at radius 2 is 1.93 bits per heavy atom. The average molecular weight is 403 g/mol. The summed E-state index contributed by atoms with van der Waals surface area (Å²) in [5.41, 5.74) is 4.37. The minimum absolute atomic E-state index is 0.211. The van der Waals surface area contributed by atoms with E-state index in [4.69, 9.17) is 0 Å².